The van der Waals surface area contributed by atoms with Crippen LogP contribution < -0.4 is 15.5 Å². The van der Waals surface area contributed by atoms with Gasteiger partial charge in [-0.1, -0.05) is 18.2 Å². The Kier molecular flexibility index (Phi) is 4.02. The van der Waals surface area contributed by atoms with Crippen LogP contribution in [0.15, 0.2) is 42.6 Å². The first-order valence-corrected chi connectivity index (χ1v) is 8.48. The second-order valence-electron chi connectivity index (χ2n) is 6.45. The Hall–Kier alpha value is -2.63. The molecule has 6 nitrogen and oxygen atoms in total. The first kappa shape index (κ1) is 14.9. The second-order valence-corrected chi connectivity index (χ2v) is 6.45. The van der Waals surface area contributed by atoms with Gasteiger partial charge in [-0.2, -0.15) is 0 Å². The molecule has 124 valence electrons. The van der Waals surface area contributed by atoms with Crippen LogP contribution in [0.2, 0.25) is 0 Å². The molecule has 0 radical (unpaired) electrons. The second kappa shape index (κ2) is 6.47. The Morgan fingerprint density at radius 3 is 2.75 bits per heavy atom. The van der Waals surface area contributed by atoms with Crippen LogP contribution in [0.5, 0.6) is 0 Å². The van der Waals surface area contributed by atoms with Gasteiger partial charge >= 0.3 is 6.03 Å². The summed E-state index contributed by atoms with van der Waals surface area (Å²) >= 11 is 0. The Balaban J connectivity index is 1.33. The van der Waals surface area contributed by atoms with Gasteiger partial charge in [-0.05, 0) is 37.5 Å². The lowest BCUT2D eigenvalue weighted by Gasteiger charge is -2.17. The molecule has 1 unspecified atom stereocenters. The fourth-order valence-electron chi connectivity index (χ4n) is 3.05. The molecule has 1 saturated heterocycles. The third-order valence-electron chi connectivity index (χ3n) is 4.50. The third kappa shape index (κ3) is 3.48. The summed E-state index contributed by atoms with van der Waals surface area (Å²) in [4.78, 5) is 23.3. The maximum Gasteiger partial charge on any atom is 0.319 e. The van der Waals surface area contributed by atoms with E-state index in [1.54, 1.807) is 0 Å². The van der Waals surface area contributed by atoms with Crippen LogP contribution in [-0.4, -0.2) is 35.1 Å². The lowest BCUT2D eigenvalue weighted by molar-refractivity contribution is 0.249. The van der Waals surface area contributed by atoms with Gasteiger partial charge in [0.2, 0.25) is 5.95 Å². The first-order chi connectivity index (χ1) is 11.8. The van der Waals surface area contributed by atoms with E-state index in [9.17, 15) is 4.79 Å². The number of carbonyl (C=O) groups is 1. The molecule has 2 heterocycles. The maximum atomic E-state index is 12.1. The molecule has 6 heteroatoms. The lowest BCUT2D eigenvalue weighted by Crippen LogP contribution is -2.39. The van der Waals surface area contributed by atoms with Crippen molar-refractivity contribution in [2.75, 3.05) is 23.3 Å². The van der Waals surface area contributed by atoms with Crippen LogP contribution in [0.4, 0.5) is 16.4 Å². The van der Waals surface area contributed by atoms with Crippen molar-refractivity contribution in [2.45, 2.75) is 31.2 Å². The minimum atomic E-state index is -0.166. The number of aromatic nitrogens is 2. The Morgan fingerprint density at radius 1 is 1.12 bits per heavy atom. The SMILES string of the molecule is O=C(Nc1ccccc1)NC1CCN(c2nccc(C3CC3)n2)C1. The Morgan fingerprint density at radius 2 is 1.96 bits per heavy atom. The molecule has 2 aliphatic rings. The molecular weight excluding hydrogens is 302 g/mol. The van der Waals surface area contributed by atoms with Crippen LogP contribution in [0.25, 0.3) is 0 Å². The minimum absolute atomic E-state index is 0.113. The summed E-state index contributed by atoms with van der Waals surface area (Å²) < 4.78 is 0. The number of nitrogens with one attached hydrogen (secondary N) is 2. The molecule has 2 amide bonds. The molecule has 2 fully saturated rings. The first-order valence-electron chi connectivity index (χ1n) is 8.48. The maximum absolute atomic E-state index is 12.1. The van der Waals surface area contributed by atoms with Crippen molar-refractivity contribution in [3.8, 4) is 0 Å². The average Bonchev–Trinajstić information content (AvgIpc) is 3.36. The van der Waals surface area contributed by atoms with Gasteiger partial charge in [-0.3, -0.25) is 0 Å². The van der Waals surface area contributed by atoms with Crippen molar-refractivity contribution in [1.82, 2.24) is 15.3 Å². The molecular formula is C18H21N5O. The molecule has 1 aliphatic carbocycles. The molecule has 1 aliphatic heterocycles. The Bertz CT molecular complexity index is 716. The molecule has 1 aromatic heterocycles. The van der Waals surface area contributed by atoms with Crippen molar-refractivity contribution >= 4 is 17.7 Å². The van der Waals surface area contributed by atoms with Gasteiger partial charge in [0, 0.05) is 42.6 Å². The number of hydrogen-bond acceptors (Lipinski definition) is 4. The molecule has 1 atom stereocenters. The predicted molar refractivity (Wildman–Crippen MR) is 93.2 cm³/mol. The van der Waals surface area contributed by atoms with Crippen LogP contribution in [0.1, 0.15) is 30.9 Å². The number of carbonyl (C=O) groups excluding carboxylic acids is 1. The number of anilines is 2. The van der Waals surface area contributed by atoms with Gasteiger partial charge in [0.1, 0.15) is 0 Å². The monoisotopic (exact) mass is 323 g/mol. The molecule has 2 N–H and O–H groups in total. The number of rotatable bonds is 4. The number of nitrogens with zero attached hydrogens (tertiary/aromatic N) is 3. The molecule has 2 aromatic rings. The topological polar surface area (TPSA) is 70.2 Å². The normalized spacial score (nSPS) is 20.0. The van der Waals surface area contributed by atoms with Crippen LogP contribution in [0.3, 0.4) is 0 Å². The standard InChI is InChI=1S/C18H21N5O/c24-18(20-14-4-2-1-3-5-14)21-15-9-11-23(12-15)17-19-10-8-16(22-17)13-6-7-13/h1-5,8,10,13,15H,6-7,9,11-12H2,(H2,20,21,24). The van der Waals surface area contributed by atoms with Gasteiger partial charge in [-0.15, -0.1) is 0 Å². The fourth-order valence-corrected chi connectivity index (χ4v) is 3.05. The van der Waals surface area contributed by atoms with E-state index in [1.165, 1.54) is 12.8 Å². The summed E-state index contributed by atoms with van der Waals surface area (Å²) in [6, 6.07) is 11.4. The fraction of sp³-hybridized carbons (Fsp3) is 0.389. The van der Waals surface area contributed by atoms with Crippen molar-refractivity contribution < 1.29 is 4.79 Å². The highest BCUT2D eigenvalue weighted by Crippen LogP contribution is 2.39. The summed E-state index contributed by atoms with van der Waals surface area (Å²) in [6.07, 6.45) is 5.22. The summed E-state index contributed by atoms with van der Waals surface area (Å²) in [5, 5.41) is 5.89. The summed E-state index contributed by atoms with van der Waals surface area (Å²) in [6.45, 7) is 1.61. The number of hydrogen-bond donors (Lipinski definition) is 2. The predicted octanol–water partition coefficient (Wildman–Crippen LogP) is 2.75. The van der Waals surface area contributed by atoms with Crippen molar-refractivity contribution in [2.24, 2.45) is 0 Å². The van der Waals surface area contributed by atoms with E-state index in [0.29, 0.717) is 5.92 Å². The van der Waals surface area contributed by atoms with Gasteiger partial charge < -0.3 is 15.5 Å². The lowest BCUT2D eigenvalue weighted by atomic mass is 10.3. The highest BCUT2D eigenvalue weighted by atomic mass is 16.2. The van der Waals surface area contributed by atoms with Crippen LogP contribution in [-0.2, 0) is 0 Å². The van der Waals surface area contributed by atoms with Gasteiger partial charge in [0.15, 0.2) is 0 Å². The molecule has 1 aromatic carbocycles. The zero-order valence-electron chi connectivity index (χ0n) is 13.5. The number of para-hydroxylation sites is 1. The van der Waals surface area contributed by atoms with Crippen molar-refractivity contribution in [1.29, 1.82) is 0 Å². The van der Waals surface area contributed by atoms with Gasteiger partial charge in [0.25, 0.3) is 0 Å². The summed E-state index contributed by atoms with van der Waals surface area (Å²) in [5.74, 6) is 1.41. The van der Waals surface area contributed by atoms with Crippen LogP contribution >= 0.6 is 0 Å². The zero-order chi connectivity index (χ0) is 16.4. The van der Waals surface area contributed by atoms with E-state index in [2.05, 4.69) is 25.5 Å². The van der Waals surface area contributed by atoms with Gasteiger partial charge in [-0.25, -0.2) is 14.8 Å². The van der Waals surface area contributed by atoms with E-state index >= 15 is 0 Å². The molecule has 1 saturated carbocycles. The third-order valence-corrected chi connectivity index (χ3v) is 4.50. The van der Waals surface area contributed by atoms with Crippen molar-refractivity contribution in [3.05, 3.63) is 48.3 Å². The highest BCUT2D eigenvalue weighted by Gasteiger charge is 2.28. The van der Waals surface area contributed by atoms with E-state index < -0.39 is 0 Å². The summed E-state index contributed by atoms with van der Waals surface area (Å²) in [5.41, 5.74) is 1.95. The van der Waals surface area contributed by atoms with Crippen molar-refractivity contribution in [3.63, 3.8) is 0 Å². The highest BCUT2D eigenvalue weighted by molar-refractivity contribution is 5.89. The largest absolute Gasteiger partial charge is 0.339 e. The Labute approximate surface area is 141 Å². The molecule has 0 bridgehead atoms. The quantitative estimate of drug-likeness (QED) is 0.908. The number of benzene rings is 1. The number of amides is 2. The molecule has 24 heavy (non-hydrogen) atoms. The van der Waals surface area contributed by atoms with E-state index in [4.69, 9.17) is 0 Å². The van der Waals surface area contributed by atoms with E-state index in [-0.39, 0.29) is 12.1 Å². The van der Waals surface area contributed by atoms with Crippen LogP contribution in [0, 0.1) is 0 Å². The molecule has 0 spiro atoms. The minimum Gasteiger partial charge on any atom is -0.339 e. The average molecular weight is 323 g/mol. The summed E-state index contributed by atoms with van der Waals surface area (Å²) in [7, 11) is 0. The zero-order valence-corrected chi connectivity index (χ0v) is 13.5. The smallest absolute Gasteiger partial charge is 0.319 e. The number of urea groups is 1. The van der Waals surface area contributed by atoms with E-state index in [0.717, 1.165) is 36.8 Å². The van der Waals surface area contributed by atoms with Gasteiger partial charge in [0.05, 0.1) is 0 Å². The molecule has 4 rings (SSSR count). The van der Waals surface area contributed by atoms with E-state index in [1.807, 2.05) is 42.6 Å².